The first-order valence-electron chi connectivity index (χ1n) is 8.91. The number of thioether (sulfide) groups is 1. The molecule has 1 aromatic carbocycles. The largest absolute Gasteiger partial charge is 0.349 e. The highest BCUT2D eigenvalue weighted by atomic mass is 32.2. The molecule has 3 aromatic rings. The average molecular weight is 363 g/mol. The Hall–Kier alpha value is -2.40. The summed E-state index contributed by atoms with van der Waals surface area (Å²) < 4.78 is 1.84. The minimum atomic E-state index is -0.144. The van der Waals surface area contributed by atoms with Crippen LogP contribution in [0.4, 0.5) is 0 Å². The summed E-state index contributed by atoms with van der Waals surface area (Å²) in [5.74, 6) is 0.847. The Morgan fingerprint density at radius 2 is 1.92 bits per heavy atom. The number of aryl methyl sites for hydroxylation is 1. The smallest absolute Gasteiger partial charge is 0.292 e. The van der Waals surface area contributed by atoms with Crippen LogP contribution < -0.4 is 5.69 Å². The third-order valence-electron chi connectivity index (χ3n) is 4.92. The molecule has 26 heavy (non-hydrogen) atoms. The van der Waals surface area contributed by atoms with Crippen molar-refractivity contribution in [3.63, 3.8) is 0 Å². The van der Waals surface area contributed by atoms with Gasteiger partial charge in [0.15, 0.2) is 0 Å². The van der Waals surface area contributed by atoms with E-state index in [0.29, 0.717) is 6.54 Å². The van der Waals surface area contributed by atoms with E-state index in [9.17, 15) is 4.79 Å². The highest BCUT2D eigenvalue weighted by Gasteiger charge is 2.22. The van der Waals surface area contributed by atoms with Gasteiger partial charge in [0.1, 0.15) is 5.03 Å². The van der Waals surface area contributed by atoms with Crippen LogP contribution in [-0.2, 0) is 25.1 Å². The van der Waals surface area contributed by atoms with Crippen LogP contribution in [0.2, 0.25) is 0 Å². The molecule has 0 N–H and O–H groups in total. The van der Waals surface area contributed by atoms with E-state index in [1.54, 1.807) is 24.2 Å². The second kappa shape index (κ2) is 7.46. The summed E-state index contributed by atoms with van der Waals surface area (Å²) in [6.07, 6.45) is 6.58. The van der Waals surface area contributed by atoms with Crippen LogP contribution in [0, 0.1) is 6.92 Å². The summed E-state index contributed by atoms with van der Waals surface area (Å²) in [5.41, 5.74) is 5.94. The van der Waals surface area contributed by atoms with E-state index in [1.807, 2.05) is 16.7 Å². The molecule has 1 aliphatic rings. The maximum absolute atomic E-state index is 12.7. The third-order valence-corrected chi connectivity index (χ3v) is 5.98. The zero-order valence-electron chi connectivity index (χ0n) is 14.8. The van der Waals surface area contributed by atoms with Crippen molar-refractivity contribution in [2.45, 2.75) is 43.5 Å². The first-order chi connectivity index (χ1) is 12.7. The fourth-order valence-corrected chi connectivity index (χ4v) is 4.61. The number of hydrogen-bond acceptors (Lipinski definition) is 4. The van der Waals surface area contributed by atoms with Crippen LogP contribution in [-0.4, -0.2) is 14.5 Å². The minimum Gasteiger partial charge on any atom is -0.292 e. The van der Waals surface area contributed by atoms with E-state index in [0.717, 1.165) is 41.3 Å². The molecule has 0 aliphatic heterocycles. The number of pyridine rings is 1. The van der Waals surface area contributed by atoms with Gasteiger partial charge in [-0.2, -0.15) is 4.98 Å². The summed E-state index contributed by atoms with van der Waals surface area (Å²) in [7, 11) is 0. The van der Waals surface area contributed by atoms with Gasteiger partial charge in [0, 0.05) is 29.4 Å². The number of rotatable bonds is 5. The molecular weight excluding hydrogens is 342 g/mol. The Morgan fingerprint density at radius 1 is 1.12 bits per heavy atom. The summed E-state index contributed by atoms with van der Waals surface area (Å²) >= 11 is 1.69. The second-order valence-corrected chi connectivity index (χ2v) is 7.60. The van der Waals surface area contributed by atoms with Crippen molar-refractivity contribution >= 4 is 11.8 Å². The Balaban J connectivity index is 1.64. The zero-order chi connectivity index (χ0) is 17.9. The molecule has 1 aliphatic carbocycles. The van der Waals surface area contributed by atoms with E-state index >= 15 is 0 Å². The quantitative estimate of drug-likeness (QED) is 0.511. The van der Waals surface area contributed by atoms with Crippen molar-refractivity contribution in [1.29, 1.82) is 0 Å². The van der Waals surface area contributed by atoms with Crippen LogP contribution in [0.15, 0.2) is 58.6 Å². The van der Waals surface area contributed by atoms with E-state index in [4.69, 9.17) is 0 Å². The lowest BCUT2D eigenvalue weighted by molar-refractivity contribution is 0.666. The summed E-state index contributed by atoms with van der Waals surface area (Å²) in [5, 5.41) is 0.914. The van der Waals surface area contributed by atoms with Gasteiger partial charge in [0.25, 0.3) is 0 Å². The van der Waals surface area contributed by atoms with Gasteiger partial charge in [-0.15, -0.1) is 11.8 Å². The van der Waals surface area contributed by atoms with Crippen LogP contribution in [0.3, 0.4) is 0 Å². The van der Waals surface area contributed by atoms with Crippen LogP contribution >= 0.6 is 11.8 Å². The van der Waals surface area contributed by atoms with E-state index in [2.05, 4.69) is 41.2 Å². The Bertz CT molecular complexity index is 982. The molecule has 0 bridgehead atoms. The fraction of sp³-hybridized carbons (Fsp3) is 0.286. The molecule has 0 radical (unpaired) electrons. The van der Waals surface area contributed by atoms with Gasteiger partial charge in [-0.3, -0.25) is 9.55 Å². The summed E-state index contributed by atoms with van der Waals surface area (Å²) in [6.45, 7) is 2.69. The number of benzene rings is 1. The van der Waals surface area contributed by atoms with Crippen molar-refractivity contribution in [3.05, 3.63) is 87.2 Å². The van der Waals surface area contributed by atoms with Crippen LogP contribution in [0.5, 0.6) is 0 Å². The number of hydrogen-bond donors (Lipinski definition) is 0. The van der Waals surface area contributed by atoms with Gasteiger partial charge < -0.3 is 0 Å². The SMILES string of the molecule is Cc1ccccc1CSc1nc(=O)n(Cc2ccncc2)c2c1CCC2. The van der Waals surface area contributed by atoms with Gasteiger partial charge in [0.05, 0.1) is 6.54 Å². The van der Waals surface area contributed by atoms with Crippen molar-refractivity contribution in [1.82, 2.24) is 14.5 Å². The molecule has 4 nitrogen and oxygen atoms in total. The Kier molecular flexibility index (Phi) is 4.89. The molecule has 0 saturated heterocycles. The predicted octanol–water partition coefficient (Wildman–Crippen LogP) is 3.78. The van der Waals surface area contributed by atoms with Crippen molar-refractivity contribution in [3.8, 4) is 0 Å². The van der Waals surface area contributed by atoms with Gasteiger partial charge in [-0.05, 0) is 55.0 Å². The zero-order valence-corrected chi connectivity index (χ0v) is 15.6. The second-order valence-electron chi connectivity index (χ2n) is 6.64. The lowest BCUT2D eigenvalue weighted by Crippen LogP contribution is -2.27. The lowest BCUT2D eigenvalue weighted by Gasteiger charge is -2.14. The molecule has 0 atom stereocenters. The molecule has 132 valence electrons. The maximum atomic E-state index is 12.7. The highest BCUT2D eigenvalue weighted by Crippen LogP contribution is 2.31. The fourth-order valence-electron chi connectivity index (χ4n) is 3.46. The molecule has 4 rings (SSSR count). The monoisotopic (exact) mass is 363 g/mol. The van der Waals surface area contributed by atoms with Gasteiger partial charge in [-0.25, -0.2) is 4.79 Å². The number of nitrogens with zero attached hydrogens (tertiary/aromatic N) is 3. The third kappa shape index (κ3) is 3.44. The van der Waals surface area contributed by atoms with E-state index < -0.39 is 0 Å². The first-order valence-corrected chi connectivity index (χ1v) is 9.90. The molecular formula is C21H21N3OS. The molecule has 2 aromatic heterocycles. The molecule has 0 amide bonds. The van der Waals surface area contributed by atoms with E-state index in [1.165, 1.54) is 16.7 Å². The Morgan fingerprint density at radius 3 is 2.73 bits per heavy atom. The molecule has 0 saturated carbocycles. The van der Waals surface area contributed by atoms with Crippen molar-refractivity contribution in [2.24, 2.45) is 0 Å². The number of aromatic nitrogens is 3. The highest BCUT2D eigenvalue weighted by molar-refractivity contribution is 7.98. The minimum absolute atomic E-state index is 0.144. The van der Waals surface area contributed by atoms with E-state index in [-0.39, 0.29) is 5.69 Å². The summed E-state index contributed by atoms with van der Waals surface area (Å²) in [6, 6.07) is 12.3. The lowest BCUT2D eigenvalue weighted by atomic mass is 10.1. The van der Waals surface area contributed by atoms with Crippen LogP contribution in [0.25, 0.3) is 0 Å². The molecule has 2 heterocycles. The predicted molar refractivity (Wildman–Crippen MR) is 105 cm³/mol. The van der Waals surface area contributed by atoms with Gasteiger partial charge in [0.2, 0.25) is 0 Å². The molecule has 5 heteroatoms. The van der Waals surface area contributed by atoms with Gasteiger partial charge >= 0.3 is 5.69 Å². The number of fused-ring (bicyclic) bond motifs is 1. The Labute approximate surface area is 157 Å². The topological polar surface area (TPSA) is 47.8 Å². The van der Waals surface area contributed by atoms with Crippen molar-refractivity contribution < 1.29 is 0 Å². The standard InChI is InChI=1S/C21H21N3OS/c1-15-5-2-3-6-17(15)14-26-20-18-7-4-8-19(18)24(21(25)23-20)13-16-9-11-22-12-10-16/h2-3,5-6,9-12H,4,7-8,13-14H2,1H3. The molecule has 0 unspecified atom stereocenters. The van der Waals surface area contributed by atoms with Crippen LogP contribution in [0.1, 0.15) is 34.4 Å². The molecule has 0 fully saturated rings. The van der Waals surface area contributed by atoms with Gasteiger partial charge in [-0.1, -0.05) is 24.3 Å². The first kappa shape index (κ1) is 17.0. The normalized spacial score (nSPS) is 13.0. The summed E-state index contributed by atoms with van der Waals surface area (Å²) in [4.78, 5) is 21.2. The van der Waals surface area contributed by atoms with Crippen molar-refractivity contribution in [2.75, 3.05) is 0 Å². The molecule has 0 spiro atoms. The maximum Gasteiger partial charge on any atom is 0.349 e. The average Bonchev–Trinajstić information content (AvgIpc) is 3.14.